The van der Waals surface area contributed by atoms with Crippen molar-refractivity contribution < 1.29 is 24.5 Å². The summed E-state index contributed by atoms with van der Waals surface area (Å²) in [6, 6.07) is 17.0. The Balaban J connectivity index is 0.000000191. The van der Waals surface area contributed by atoms with E-state index in [0.717, 1.165) is 63.7 Å². The van der Waals surface area contributed by atoms with Crippen LogP contribution in [0.15, 0.2) is 48.5 Å². The number of nitrogens with one attached hydrogen (secondary N) is 1. The SMILES string of the molecule is COC(=O)CCC1CCCCC1.NCC(O)CN1CCc2ccccc2C1.O=C(CCC1CCCCC1)NCC(O)CN1CCc2ccccc2C1. The van der Waals surface area contributed by atoms with Crippen LogP contribution < -0.4 is 11.1 Å². The molecular formula is C43H68N4O5. The van der Waals surface area contributed by atoms with Crippen molar-refractivity contribution in [3.05, 3.63) is 70.8 Å². The number of nitrogens with zero attached hydrogens (tertiary/aromatic N) is 2. The van der Waals surface area contributed by atoms with Crippen molar-refractivity contribution in [2.24, 2.45) is 17.6 Å². The molecule has 52 heavy (non-hydrogen) atoms. The van der Waals surface area contributed by atoms with E-state index < -0.39 is 12.2 Å². The van der Waals surface area contributed by atoms with E-state index in [1.54, 1.807) is 0 Å². The normalized spacial score (nSPS) is 19.4. The first kappa shape index (κ1) is 41.9. The number of esters is 1. The van der Waals surface area contributed by atoms with Crippen molar-refractivity contribution in [2.75, 3.05) is 46.4 Å². The minimum atomic E-state index is -0.496. The molecule has 2 unspecified atom stereocenters. The average molecular weight is 721 g/mol. The molecule has 2 aromatic carbocycles. The third-order valence-electron chi connectivity index (χ3n) is 11.4. The summed E-state index contributed by atoms with van der Waals surface area (Å²) in [6.07, 6.45) is 17.8. The van der Waals surface area contributed by atoms with Crippen LogP contribution in [0.25, 0.3) is 0 Å². The van der Waals surface area contributed by atoms with E-state index in [4.69, 9.17) is 5.73 Å². The predicted molar refractivity (Wildman–Crippen MR) is 209 cm³/mol. The maximum absolute atomic E-state index is 12.0. The van der Waals surface area contributed by atoms with E-state index in [1.165, 1.54) is 93.6 Å². The van der Waals surface area contributed by atoms with Gasteiger partial charge in [-0.15, -0.1) is 0 Å². The minimum Gasteiger partial charge on any atom is -0.469 e. The standard InChI is InChI=1S/C21H32N2O2.C12H18N2O.C10H18O2/c24-20(14-22-21(25)11-10-17-6-2-1-3-7-17)16-23-13-12-18-8-4-5-9-19(18)15-23;13-7-12(15)9-14-6-5-10-3-1-2-4-11(10)8-14;1-12-10(11)8-7-9-5-3-2-4-6-9/h4-5,8-9,17,20,24H,1-3,6-7,10-16H2,(H,22,25);1-4,12,15H,5-9,13H2;9H,2-8H2,1H3. The van der Waals surface area contributed by atoms with Crippen LogP contribution in [0.5, 0.6) is 0 Å². The zero-order valence-corrected chi connectivity index (χ0v) is 32.0. The molecule has 9 heteroatoms. The monoisotopic (exact) mass is 721 g/mol. The van der Waals surface area contributed by atoms with Crippen LogP contribution in [0.4, 0.5) is 0 Å². The Morgan fingerprint density at radius 2 is 1.19 bits per heavy atom. The third kappa shape index (κ3) is 15.7. The molecule has 5 N–H and O–H groups in total. The molecule has 0 spiro atoms. The molecule has 2 aliphatic carbocycles. The van der Waals surface area contributed by atoms with Crippen molar-refractivity contribution >= 4 is 11.9 Å². The highest BCUT2D eigenvalue weighted by Gasteiger charge is 2.20. The van der Waals surface area contributed by atoms with Gasteiger partial charge in [-0.05, 0) is 59.8 Å². The lowest BCUT2D eigenvalue weighted by Gasteiger charge is -2.30. The first-order valence-corrected chi connectivity index (χ1v) is 20.3. The van der Waals surface area contributed by atoms with Crippen LogP contribution >= 0.6 is 0 Å². The van der Waals surface area contributed by atoms with Gasteiger partial charge in [-0.2, -0.15) is 0 Å². The van der Waals surface area contributed by atoms with Crippen LogP contribution in [-0.2, 0) is 40.3 Å². The fourth-order valence-corrected chi connectivity index (χ4v) is 8.19. The van der Waals surface area contributed by atoms with Gasteiger partial charge >= 0.3 is 5.97 Å². The lowest BCUT2D eigenvalue weighted by molar-refractivity contribution is -0.141. The van der Waals surface area contributed by atoms with E-state index >= 15 is 0 Å². The first-order valence-electron chi connectivity index (χ1n) is 20.3. The second-order valence-electron chi connectivity index (χ2n) is 15.5. The lowest BCUT2D eigenvalue weighted by Crippen LogP contribution is -2.42. The van der Waals surface area contributed by atoms with Crippen molar-refractivity contribution in [3.8, 4) is 0 Å². The molecule has 0 saturated heterocycles. The van der Waals surface area contributed by atoms with Crippen molar-refractivity contribution in [1.29, 1.82) is 0 Å². The molecule has 2 fully saturated rings. The number of nitrogens with two attached hydrogens (primary N) is 1. The summed E-state index contributed by atoms with van der Waals surface area (Å²) < 4.78 is 4.60. The summed E-state index contributed by atoms with van der Waals surface area (Å²) in [5.41, 5.74) is 11.0. The number of ether oxygens (including phenoxy) is 1. The summed E-state index contributed by atoms with van der Waals surface area (Å²) in [4.78, 5) is 27.4. The summed E-state index contributed by atoms with van der Waals surface area (Å²) in [7, 11) is 1.46. The van der Waals surface area contributed by atoms with Gasteiger partial charge in [0, 0.05) is 65.2 Å². The van der Waals surface area contributed by atoms with Gasteiger partial charge in [-0.3, -0.25) is 19.4 Å². The molecule has 290 valence electrons. The Labute approximate surface area is 313 Å². The molecule has 0 aromatic heterocycles. The average Bonchev–Trinajstić information content (AvgIpc) is 3.19. The van der Waals surface area contributed by atoms with Gasteiger partial charge in [0.1, 0.15) is 0 Å². The Morgan fingerprint density at radius 3 is 1.67 bits per heavy atom. The number of hydrogen-bond acceptors (Lipinski definition) is 8. The molecule has 6 rings (SSSR count). The number of benzene rings is 2. The summed E-state index contributed by atoms with van der Waals surface area (Å²) in [6.45, 7) is 5.84. The van der Waals surface area contributed by atoms with Crippen molar-refractivity contribution in [1.82, 2.24) is 15.1 Å². The van der Waals surface area contributed by atoms with Crippen LogP contribution in [0.2, 0.25) is 0 Å². The van der Waals surface area contributed by atoms with Gasteiger partial charge in [-0.25, -0.2) is 0 Å². The van der Waals surface area contributed by atoms with Gasteiger partial charge in [-0.1, -0.05) is 113 Å². The number of β-amino-alcohol motifs (C(OH)–C–C–N with tert-alkyl or cyclic N) is 2. The molecule has 0 bridgehead atoms. The largest absolute Gasteiger partial charge is 0.469 e. The van der Waals surface area contributed by atoms with E-state index in [1.807, 2.05) is 0 Å². The molecule has 2 atom stereocenters. The number of rotatable bonds is 13. The van der Waals surface area contributed by atoms with E-state index in [9.17, 15) is 19.8 Å². The van der Waals surface area contributed by atoms with Crippen LogP contribution in [0, 0.1) is 11.8 Å². The maximum Gasteiger partial charge on any atom is 0.305 e. The quantitative estimate of drug-likeness (QED) is 0.192. The van der Waals surface area contributed by atoms with E-state index in [2.05, 4.69) is 68.4 Å². The Morgan fingerprint density at radius 1 is 0.731 bits per heavy atom. The Bertz CT molecular complexity index is 1310. The topological polar surface area (TPSA) is 128 Å². The summed E-state index contributed by atoms with van der Waals surface area (Å²) in [5.74, 6) is 1.56. The molecule has 2 aliphatic heterocycles. The molecule has 1 amide bonds. The molecule has 2 saturated carbocycles. The maximum atomic E-state index is 12.0. The number of carbonyl (C=O) groups excluding carboxylic acids is 2. The van der Waals surface area contributed by atoms with Crippen molar-refractivity contribution in [3.63, 3.8) is 0 Å². The molecule has 2 aromatic rings. The van der Waals surface area contributed by atoms with E-state index in [0.29, 0.717) is 39.0 Å². The van der Waals surface area contributed by atoms with E-state index in [-0.39, 0.29) is 11.9 Å². The van der Waals surface area contributed by atoms with Gasteiger partial charge in [0.05, 0.1) is 19.3 Å². The summed E-state index contributed by atoms with van der Waals surface area (Å²) >= 11 is 0. The fraction of sp³-hybridized carbons (Fsp3) is 0.674. The van der Waals surface area contributed by atoms with Crippen molar-refractivity contribution in [2.45, 2.75) is 128 Å². The van der Waals surface area contributed by atoms with Gasteiger partial charge < -0.3 is 26.0 Å². The van der Waals surface area contributed by atoms with Crippen LogP contribution in [0.1, 0.15) is 112 Å². The molecule has 2 heterocycles. The number of hydrogen-bond donors (Lipinski definition) is 4. The lowest BCUT2D eigenvalue weighted by atomic mass is 9.86. The Hall–Kier alpha value is -2.82. The van der Waals surface area contributed by atoms with Gasteiger partial charge in [0.25, 0.3) is 0 Å². The highest BCUT2D eigenvalue weighted by molar-refractivity contribution is 5.75. The number of methoxy groups -OCH3 is 1. The number of amides is 1. The fourth-order valence-electron chi connectivity index (χ4n) is 8.19. The number of aliphatic hydroxyl groups is 2. The van der Waals surface area contributed by atoms with Crippen LogP contribution in [-0.4, -0.2) is 90.5 Å². The number of aliphatic hydroxyl groups excluding tert-OH is 2. The molecular weight excluding hydrogens is 652 g/mol. The van der Waals surface area contributed by atoms with Crippen LogP contribution in [0.3, 0.4) is 0 Å². The highest BCUT2D eigenvalue weighted by Crippen LogP contribution is 2.28. The minimum absolute atomic E-state index is 0.0550. The molecule has 4 aliphatic rings. The zero-order valence-electron chi connectivity index (χ0n) is 32.0. The second-order valence-corrected chi connectivity index (χ2v) is 15.5. The molecule has 9 nitrogen and oxygen atoms in total. The van der Waals surface area contributed by atoms with Gasteiger partial charge in [0.2, 0.25) is 5.91 Å². The third-order valence-corrected chi connectivity index (χ3v) is 11.4. The predicted octanol–water partition coefficient (Wildman–Crippen LogP) is 5.77. The zero-order chi connectivity index (χ0) is 37.0. The number of fused-ring (bicyclic) bond motifs is 2. The first-order chi connectivity index (χ1) is 25.3. The molecule has 0 radical (unpaired) electrons. The Kier molecular flexibility index (Phi) is 19.2. The number of carbonyl (C=O) groups is 2. The second kappa shape index (κ2) is 23.8. The highest BCUT2D eigenvalue weighted by atomic mass is 16.5. The van der Waals surface area contributed by atoms with Gasteiger partial charge in [0.15, 0.2) is 0 Å². The smallest absolute Gasteiger partial charge is 0.305 e. The summed E-state index contributed by atoms with van der Waals surface area (Å²) in [5, 5.41) is 22.7.